The lowest BCUT2D eigenvalue weighted by molar-refractivity contribution is -0.143. The Labute approximate surface area is 202 Å². The van der Waals surface area contributed by atoms with Crippen LogP contribution in [0.4, 0.5) is 11.8 Å². The number of benzene rings is 1. The highest BCUT2D eigenvalue weighted by Crippen LogP contribution is 2.33. The number of hydrogen-bond acceptors (Lipinski definition) is 10. The molecule has 12 heteroatoms. The van der Waals surface area contributed by atoms with Crippen LogP contribution in [0, 0.1) is 0 Å². The Kier molecular flexibility index (Phi) is 7.76. The van der Waals surface area contributed by atoms with Crippen LogP contribution in [0.15, 0.2) is 36.7 Å². The number of anilines is 2. The van der Waals surface area contributed by atoms with Crippen molar-refractivity contribution in [1.82, 2.24) is 24.8 Å². The molecule has 1 unspecified atom stereocenters. The highest BCUT2D eigenvalue weighted by atomic mass is 16.6. The minimum atomic E-state index is -1.66. The van der Waals surface area contributed by atoms with Crippen molar-refractivity contribution in [2.24, 2.45) is 0 Å². The van der Waals surface area contributed by atoms with Gasteiger partial charge in [0.25, 0.3) is 5.91 Å². The minimum absolute atomic E-state index is 0.146. The van der Waals surface area contributed by atoms with E-state index in [0.717, 1.165) is 19.3 Å². The van der Waals surface area contributed by atoms with Crippen molar-refractivity contribution < 1.29 is 24.9 Å². The number of aromatic nitrogens is 4. The van der Waals surface area contributed by atoms with Gasteiger partial charge in [0.15, 0.2) is 23.8 Å². The van der Waals surface area contributed by atoms with E-state index in [1.54, 1.807) is 6.92 Å². The first-order chi connectivity index (χ1) is 16.9. The van der Waals surface area contributed by atoms with Crippen LogP contribution in [-0.2, 0) is 16.0 Å². The summed E-state index contributed by atoms with van der Waals surface area (Å²) in [4.78, 5) is 24.9. The van der Waals surface area contributed by atoms with Crippen LogP contribution in [0.5, 0.6) is 0 Å². The van der Waals surface area contributed by atoms with Gasteiger partial charge in [-0.25, -0.2) is 4.98 Å². The summed E-state index contributed by atoms with van der Waals surface area (Å²) >= 11 is 0. The van der Waals surface area contributed by atoms with Crippen molar-refractivity contribution in [2.45, 2.75) is 56.8 Å². The first kappa shape index (κ1) is 24.8. The molecule has 1 saturated heterocycles. The number of hydrogen-bond donors (Lipinski definition) is 6. The molecule has 7 N–H and O–H groups in total. The molecule has 3 aromatic rings. The van der Waals surface area contributed by atoms with Gasteiger partial charge >= 0.3 is 0 Å². The second kappa shape index (κ2) is 11.0. The minimum Gasteiger partial charge on any atom is -0.387 e. The molecule has 1 aliphatic rings. The molecular weight excluding hydrogens is 454 g/mol. The Bertz CT molecular complexity index is 1140. The van der Waals surface area contributed by atoms with Crippen molar-refractivity contribution in [1.29, 1.82) is 0 Å². The van der Waals surface area contributed by atoms with E-state index < -0.39 is 36.6 Å². The molecule has 35 heavy (non-hydrogen) atoms. The maximum atomic E-state index is 12.0. The lowest BCUT2D eigenvalue weighted by Crippen LogP contribution is -2.47. The number of nitrogen functional groups attached to an aromatic ring is 1. The van der Waals surface area contributed by atoms with Crippen molar-refractivity contribution in [3.8, 4) is 0 Å². The second-order valence-electron chi connectivity index (χ2n) is 8.44. The Morgan fingerprint density at radius 2 is 1.97 bits per heavy atom. The molecule has 1 amide bonds. The van der Waals surface area contributed by atoms with Crippen LogP contribution in [-0.4, -0.2) is 78.3 Å². The van der Waals surface area contributed by atoms with Crippen LogP contribution in [0.25, 0.3) is 11.2 Å². The summed E-state index contributed by atoms with van der Waals surface area (Å²) in [5.74, 6) is -0.263. The molecule has 4 rings (SSSR count). The fourth-order valence-electron chi connectivity index (χ4n) is 4.11. The van der Waals surface area contributed by atoms with Gasteiger partial charge in [0.2, 0.25) is 5.95 Å². The number of carbonyl (C=O) groups is 1. The molecule has 3 heterocycles. The van der Waals surface area contributed by atoms with Gasteiger partial charge in [-0.05, 0) is 31.7 Å². The first-order valence-corrected chi connectivity index (χ1v) is 11.7. The number of aliphatic hydroxyl groups is 3. The standard InChI is InChI=1S/C23H31N7O5/c1-2-25-21(34)17(33)18-15(31)16(32)22(35-18)30-12-27-14-19(24)28-23(29-20(14)30)26-11-7-6-10-13-8-4-3-5-9-13/h3-5,8-9,12,15-18,22,31-33H,2,6-7,10-11H2,1H3,(H,25,34)(H3,24,26,28,29)/t15-,16+,17?,18-,22+/m0/s1. The molecule has 0 bridgehead atoms. The largest absolute Gasteiger partial charge is 0.387 e. The van der Waals surface area contributed by atoms with Crippen LogP contribution < -0.4 is 16.4 Å². The first-order valence-electron chi connectivity index (χ1n) is 11.7. The van der Waals surface area contributed by atoms with Crippen LogP contribution in [0.1, 0.15) is 31.6 Å². The fourth-order valence-corrected chi connectivity index (χ4v) is 4.11. The predicted molar refractivity (Wildman–Crippen MR) is 128 cm³/mol. The normalized spacial score (nSPS) is 22.9. The molecule has 0 saturated carbocycles. The molecule has 0 spiro atoms. The number of ether oxygens (including phenoxy) is 1. The van der Waals surface area contributed by atoms with Gasteiger partial charge in [0.1, 0.15) is 23.8 Å². The third-order valence-corrected chi connectivity index (χ3v) is 5.95. The van der Waals surface area contributed by atoms with E-state index in [9.17, 15) is 20.1 Å². The number of carbonyl (C=O) groups excluding carboxylic acids is 1. The summed E-state index contributed by atoms with van der Waals surface area (Å²) in [6.07, 6.45) is -2.86. The van der Waals surface area contributed by atoms with Gasteiger partial charge in [-0.1, -0.05) is 30.3 Å². The molecule has 1 fully saturated rings. The van der Waals surface area contributed by atoms with Gasteiger partial charge in [0, 0.05) is 13.1 Å². The number of nitrogens with one attached hydrogen (secondary N) is 2. The van der Waals surface area contributed by atoms with Crippen LogP contribution >= 0.6 is 0 Å². The molecule has 0 aliphatic carbocycles. The zero-order chi connectivity index (χ0) is 24.9. The van der Waals surface area contributed by atoms with Gasteiger partial charge in [-0.2, -0.15) is 9.97 Å². The summed E-state index contributed by atoms with van der Waals surface area (Å²) in [7, 11) is 0. The van der Waals surface area contributed by atoms with E-state index >= 15 is 0 Å². The van der Waals surface area contributed by atoms with Crippen molar-refractivity contribution in [3.05, 3.63) is 42.2 Å². The maximum absolute atomic E-state index is 12.0. The smallest absolute Gasteiger partial charge is 0.251 e. The summed E-state index contributed by atoms with van der Waals surface area (Å²) in [5, 5.41) is 36.9. The van der Waals surface area contributed by atoms with Gasteiger partial charge in [0.05, 0.1) is 6.33 Å². The van der Waals surface area contributed by atoms with E-state index in [-0.39, 0.29) is 11.5 Å². The lowest BCUT2D eigenvalue weighted by Gasteiger charge is -2.20. The predicted octanol–water partition coefficient (Wildman–Crippen LogP) is -0.0405. The van der Waals surface area contributed by atoms with Crippen LogP contribution in [0.2, 0.25) is 0 Å². The topological polar surface area (TPSA) is 181 Å². The zero-order valence-electron chi connectivity index (χ0n) is 19.4. The molecule has 1 aromatic carbocycles. The van der Waals surface area contributed by atoms with E-state index in [1.165, 1.54) is 16.5 Å². The summed E-state index contributed by atoms with van der Waals surface area (Å²) < 4.78 is 7.10. The molecule has 2 aromatic heterocycles. The van der Waals surface area contributed by atoms with E-state index in [0.29, 0.717) is 24.6 Å². The number of fused-ring (bicyclic) bond motifs is 1. The Balaban J connectivity index is 1.44. The van der Waals surface area contributed by atoms with E-state index in [4.69, 9.17) is 10.5 Å². The third-order valence-electron chi connectivity index (χ3n) is 5.95. The number of unbranched alkanes of at least 4 members (excludes halogenated alkanes) is 1. The van der Waals surface area contributed by atoms with Gasteiger partial charge in [-0.15, -0.1) is 0 Å². The number of nitrogens with zero attached hydrogens (tertiary/aromatic N) is 4. The molecule has 1 aliphatic heterocycles. The van der Waals surface area contributed by atoms with Gasteiger partial charge < -0.3 is 36.4 Å². The quantitative estimate of drug-likeness (QED) is 0.213. The highest BCUT2D eigenvalue weighted by molar-refractivity contribution is 5.83. The number of nitrogens with two attached hydrogens (primary N) is 1. The van der Waals surface area contributed by atoms with Crippen LogP contribution in [0.3, 0.4) is 0 Å². The third kappa shape index (κ3) is 5.35. The van der Waals surface area contributed by atoms with Crippen molar-refractivity contribution in [2.75, 3.05) is 24.1 Å². The summed E-state index contributed by atoms with van der Waals surface area (Å²) in [5.41, 5.74) is 7.95. The lowest BCUT2D eigenvalue weighted by atomic mass is 10.1. The summed E-state index contributed by atoms with van der Waals surface area (Å²) in [6, 6.07) is 10.2. The maximum Gasteiger partial charge on any atom is 0.251 e. The number of aliphatic hydroxyl groups excluding tert-OH is 3. The molecule has 0 radical (unpaired) electrons. The second-order valence-corrected chi connectivity index (χ2v) is 8.44. The number of likely N-dealkylation sites (N-methyl/N-ethyl adjacent to an activating group) is 1. The number of rotatable bonds is 10. The number of aryl methyl sites for hydroxylation is 1. The number of imidazole rings is 1. The average molecular weight is 486 g/mol. The molecular formula is C23H31N7O5. The molecule has 188 valence electrons. The van der Waals surface area contributed by atoms with E-state index in [2.05, 4.69) is 37.7 Å². The Morgan fingerprint density at radius 1 is 1.20 bits per heavy atom. The highest BCUT2D eigenvalue weighted by Gasteiger charge is 2.49. The van der Waals surface area contributed by atoms with E-state index in [1.807, 2.05) is 18.2 Å². The Morgan fingerprint density at radius 3 is 2.71 bits per heavy atom. The number of amides is 1. The van der Waals surface area contributed by atoms with Crippen molar-refractivity contribution in [3.63, 3.8) is 0 Å². The zero-order valence-corrected chi connectivity index (χ0v) is 19.4. The monoisotopic (exact) mass is 485 g/mol. The van der Waals surface area contributed by atoms with Crippen molar-refractivity contribution >= 4 is 28.8 Å². The molecule has 5 atom stereocenters. The molecule has 12 nitrogen and oxygen atoms in total. The fraction of sp³-hybridized carbons (Fsp3) is 0.478. The SMILES string of the molecule is CCNC(=O)C(O)[C@H]1O[C@@H](n2cnc3c(N)nc(NCCCCc4ccccc4)nc32)[C@H](O)[C@@H]1O. The average Bonchev–Trinajstić information content (AvgIpc) is 3.40. The van der Waals surface area contributed by atoms with Gasteiger partial charge in [-0.3, -0.25) is 9.36 Å². The summed E-state index contributed by atoms with van der Waals surface area (Å²) in [6.45, 7) is 2.63. The Hall–Kier alpha value is -3.32.